The molecule has 96 valence electrons. The van der Waals surface area contributed by atoms with E-state index in [0.717, 1.165) is 11.3 Å². The Kier molecular flexibility index (Phi) is 3.62. The molecule has 0 saturated carbocycles. The van der Waals surface area contributed by atoms with Crippen LogP contribution in [0, 0.1) is 12.7 Å². The fourth-order valence-corrected chi connectivity index (χ4v) is 1.77. The number of benzene rings is 1. The average molecular weight is 250 g/mol. The van der Waals surface area contributed by atoms with Gasteiger partial charge >= 0.3 is 0 Å². The first kappa shape index (κ1) is 12.6. The molecule has 0 fully saturated rings. The number of hydrogen-bond acceptors (Lipinski definition) is 4. The Labute approximate surface area is 105 Å². The van der Waals surface area contributed by atoms with Crippen molar-refractivity contribution in [3.05, 3.63) is 35.3 Å². The molecule has 1 aromatic heterocycles. The van der Waals surface area contributed by atoms with Crippen molar-refractivity contribution in [3.8, 4) is 17.1 Å². The molecule has 0 aliphatic carbocycles. The van der Waals surface area contributed by atoms with Crippen LogP contribution in [0.4, 0.5) is 4.39 Å². The lowest BCUT2D eigenvalue weighted by Crippen LogP contribution is -1.99. The fraction of sp³-hybridized carbons (Fsp3) is 0.308. The van der Waals surface area contributed by atoms with Gasteiger partial charge < -0.3 is 15.0 Å². The first-order chi connectivity index (χ1) is 8.67. The molecule has 2 rings (SSSR count). The van der Waals surface area contributed by atoms with Crippen molar-refractivity contribution in [2.45, 2.75) is 20.4 Å². The monoisotopic (exact) mass is 250 g/mol. The van der Waals surface area contributed by atoms with Crippen LogP contribution in [0.3, 0.4) is 0 Å². The van der Waals surface area contributed by atoms with Gasteiger partial charge in [-0.25, -0.2) is 4.39 Å². The Bertz CT molecular complexity index is 552. The predicted molar refractivity (Wildman–Crippen MR) is 65.7 cm³/mol. The highest BCUT2D eigenvalue weighted by atomic mass is 19.1. The van der Waals surface area contributed by atoms with Crippen molar-refractivity contribution in [1.82, 2.24) is 5.16 Å². The summed E-state index contributed by atoms with van der Waals surface area (Å²) >= 11 is 0. The molecule has 0 aliphatic rings. The van der Waals surface area contributed by atoms with E-state index in [0.29, 0.717) is 24.5 Å². The normalized spacial score (nSPS) is 10.7. The molecule has 0 spiro atoms. The van der Waals surface area contributed by atoms with E-state index in [-0.39, 0.29) is 5.75 Å². The van der Waals surface area contributed by atoms with E-state index < -0.39 is 5.82 Å². The number of ether oxygens (including phenoxy) is 1. The Morgan fingerprint density at radius 3 is 2.83 bits per heavy atom. The van der Waals surface area contributed by atoms with Gasteiger partial charge in [0.2, 0.25) is 0 Å². The molecule has 0 saturated heterocycles. The lowest BCUT2D eigenvalue weighted by molar-refractivity contribution is 0.321. The summed E-state index contributed by atoms with van der Waals surface area (Å²) in [5.74, 6) is 0.315. The number of hydrogen-bond donors (Lipinski definition) is 1. The van der Waals surface area contributed by atoms with Gasteiger partial charge in [0.25, 0.3) is 0 Å². The molecule has 0 bridgehead atoms. The highest BCUT2D eigenvalue weighted by molar-refractivity contribution is 5.63. The Hall–Kier alpha value is -1.88. The number of aromatic nitrogens is 1. The van der Waals surface area contributed by atoms with Crippen LogP contribution >= 0.6 is 0 Å². The van der Waals surface area contributed by atoms with Crippen LogP contribution in [0.2, 0.25) is 0 Å². The van der Waals surface area contributed by atoms with Gasteiger partial charge in [-0.3, -0.25) is 0 Å². The number of halogens is 1. The summed E-state index contributed by atoms with van der Waals surface area (Å²) in [6, 6.07) is 4.67. The van der Waals surface area contributed by atoms with Crippen molar-refractivity contribution in [1.29, 1.82) is 0 Å². The molecule has 2 N–H and O–H groups in total. The molecule has 0 unspecified atom stereocenters. The maximum absolute atomic E-state index is 13.7. The van der Waals surface area contributed by atoms with E-state index in [4.69, 9.17) is 15.0 Å². The summed E-state index contributed by atoms with van der Waals surface area (Å²) in [6.07, 6.45) is 0. The van der Waals surface area contributed by atoms with Gasteiger partial charge in [-0.15, -0.1) is 0 Å². The number of nitrogens with two attached hydrogens (primary N) is 1. The van der Waals surface area contributed by atoms with Gasteiger partial charge in [0.05, 0.1) is 12.3 Å². The summed E-state index contributed by atoms with van der Waals surface area (Å²) in [5.41, 5.74) is 7.75. The van der Waals surface area contributed by atoms with Crippen LogP contribution in [-0.4, -0.2) is 11.8 Å². The molecule has 0 aliphatic heterocycles. The smallest absolute Gasteiger partial charge is 0.171 e. The van der Waals surface area contributed by atoms with Gasteiger partial charge in [-0.05, 0) is 32.0 Å². The third kappa shape index (κ3) is 2.22. The van der Waals surface area contributed by atoms with E-state index in [1.54, 1.807) is 26.0 Å². The molecular weight excluding hydrogens is 235 g/mol. The van der Waals surface area contributed by atoms with E-state index >= 15 is 0 Å². The second-order valence-electron chi connectivity index (χ2n) is 3.86. The Morgan fingerprint density at radius 1 is 1.44 bits per heavy atom. The minimum atomic E-state index is -0.425. The topological polar surface area (TPSA) is 61.3 Å². The largest absolute Gasteiger partial charge is 0.491 e. The van der Waals surface area contributed by atoms with Crippen LogP contribution in [0.25, 0.3) is 11.3 Å². The lowest BCUT2D eigenvalue weighted by atomic mass is 10.1. The van der Waals surface area contributed by atoms with Crippen molar-refractivity contribution < 1.29 is 13.7 Å². The minimum Gasteiger partial charge on any atom is -0.491 e. The summed E-state index contributed by atoms with van der Waals surface area (Å²) in [4.78, 5) is 0. The zero-order valence-electron chi connectivity index (χ0n) is 10.4. The molecule has 0 amide bonds. The second kappa shape index (κ2) is 5.18. The zero-order valence-corrected chi connectivity index (χ0v) is 10.4. The summed E-state index contributed by atoms with van der Waals surface area (Å²) in [7, 11) is 0. The molecule has 0 atom stereocenters. The van der Waals surface area contributed by atoms with Crippen molar-refractivity contribution in [2.24, 2.45) is 5.73 Å². The fourth-order valence-electron chi connectivity index (χ4n) is 1.77. The van der Waals surface area contributed by atoms with Crippen molar-refractivity contribution >= 4 is 0 Å². The predicted octanol–water partition coefficient (Wildman–Crippen LogP) is 2.65. The minimum absolute atomic E-state index is 0.229. The third-order valence-electron chi connectivity index (χ3n) is 2.68. The molecular formula is C13H15FN2O2. The van der Waals surface area contributed by atoms with E-state index in [9.17, 15) is 4.39 Å². The van der Waals surface area contributed by atoms with Gasteiger partial charge in [-0.2, -0.15) is 0 Å². The maximum Gasteiger partial charge on any atom is 0.171 e. The Balaban J connectivity index is 2.42. The molecule has 1 heterocycles. The van der Waals surface area contributed by atoms with Gasteiger partial charge in [-0.1, -0.05) is 5.16 Å². The zero-order chi connectivity index (χ0) is 13.1. The average Bonchev–Trinajstić information content (AvgIpc) is 2.73. The quantitative estimate of drug-likeness (QED) is 0.906. The summed E-state index contributed by atoms with van der Waals surface area (Å²) < 4.78 is 24.1. The first-order valence-electron chi connectivity index (χ1n) is 5.75. The third-order valence-corrected chi connectivity index (χ3v) is 2.68. The van der Waals surface area contributed by atoms with Crippen molar-refractivity contribution in [3.63, 3.8) is 0 Å². The van der Waals surface area contributed by atoms with Gasteiger partial charge in [0, 0.05) is 17.7 Å². The molecule has 1 aromatic carbocycles. The van der Waals surface area contributed by atoms with Gasteiger partial charge in [0.15, 0.2) is 17.3 Å². The molecule has 2 aromatic rings. The number of rotatable bonds is 4. The van der Waals surface area contributed by atoms with Crippen LogP contribution in [0.1, 0.15) is 18.2 Å². The highest BCUT2D eigenvalue weighted by Crippen LogP contribution is 2.29. The molecule has 5 heteroatoms. The van der Waals surface area contributed by atoms with E-state index in [2.05, 4.69) is 5.16 Å². The first-order valence-corrected chi connectivity index (χ1v) is 5.75. The second-order valence-corrected chi connectivity index (χ2v) is 3.86. The molecule has 4 nitrogen and oxygen atoms in total. The van der Waals surface area contributed by atoms with Crippen LogP contribution < -0.4 is 10.5 Å². The van der Waals surface area contributed by atoms with Crippen molar-refractivity contribution in [2.75, 3.05) is 6.61 Å². The number of nitrogens with zero attached hydrogens (tertiary/aromatic N) is 1. The lowest BCUT2D eigenvalue weighted by Gasteiger charge is -2.06. The Morgan fingerprint density at radius 2 is 2.22 bits per heavy atom. The molecule has 18 heavy (non-hydrogen) atoms. The summed E-state index contributed by atoms with van der Waals surface area (Å²) in [5, 5.41) is 3.84. The highest BCUT2D eigenvalue weighted by Gasteiger charge is 2.15. The van der Waals surface area contributed by atoms with E-state index in [1.165, 1.54) is 6.07 Å². The summed E-state index contributed by atoms with van der Waals surface area (Å²) in [6.45, 7) is 4.34. The van der Waals surface area contributed by atoms with E-state index in [1.807, 2.05) is 0 Å². The van der Waals surface area contributed by atoms with Crippen LogP contribution in [0.5, 0.6) is 5.75 Å². The molecule has 0 radical (unpaired) electrons. The SMILES string of the molecule is CCOc1ccc(-c2onc(C)c2CN)cc1F. The van der Waals surface area contributed by atoms with Crippen LogP contribution in [-0.2, 0) is 6.54 Å². The maximum atomic E-state index is 13.7. The van der Waals surface area contributed by atoms with Gasteiger partial charge in [0.1, 0.15) is 0 Å². The van der Waals surface area contributed by atoms with Crippen LogP contribution in [0.15, 0.2) is 22.7 Å². The number of aryl methyl sites for hydroxylation is 1. The standard InChI is InChI=1S/C13H15FN2O2/c1-3-17-12-5-4-9(6-11(12)14)13-10(7-15)8(2)16-18-13/h4-6H,3,7,15H2,1-2H3.